The first-order valence-corrected chi connectivity index (χ1v) is 5.65. The summed E-state index contributed by atoms with van der Waals surface area (Å²) in [6.07, 6.45) is -0.911. The molecular weight excluding hydrogens is 227 g/mol. The van der Waals surface area contributed by atoms with Crippen LogP contribution in [-0.2, 0) is 0 Å². The lowest BCUT2D eigenvalue weighted by Crippen LogP contribution is -2.00. The highest BCUT2D eigenvalue weighted by molar-refractivity contribution is 7.10. The molecule has 1 atom stereocenters. The number of ether oxygens (including phenoxy) is 1. The fourth-order valence-corrected chi connectivity index (χ4v) is 2.18. The number of benzene rings is 1. The predicted octanol–water partition coefficient (Wildman–Crippen LogP) is 2.98. The van der Waals surface area contributed by atoms with E-state index in [-0.39, 0.29) is 5.56 Å². The van der Waals surface area contributed by atoms with Crippen LogP contribution < -0.4 is 4.74 Å². The van der Waals surface area contributed by atoms with Crippen LogP contribution in [0, 0.1) is 5.82 Å². The number of aliphatic hydroxyl groups is 1. The van der Waals surface area contributed by atoms with Crippen molar-refractivity contribution in [3.05, 3.63) is 52.0 Å². The van der Waals surface area contributed by atoms with E-state index in [9.17, 15) is 9.50 Å². The minimum absolute atomic E-state index is 0.267. The Kier molecular flexibility index (Phi) is 3.22. The first-order valence-electron chi connectivity index (χ1n) is 4.77. The Morgan fingerprint density at radius 3 is 2.75 bits per heavy atom. The summed E-state index contributed by atoms with van der Waals surface area (Å²) in [7, 11) is 1.48. The Hall–Kier alpha value is -1.39. The van der Waals surface area contributed by atoms with Crippen LogP contribution in [0.25, 0.3) is 0 Å². The maximum atomic E-state index is 13.6. The van der Waals surface area contributed by atoms with Crippen LogP contribution in [0.15, 0.2) is 35.7 Å². The molecular formula is C12H11FO2S. The van der Waals surface area contributed by atoms with Crippen molar-refractivity contribution in [2.24, 2.45) is 0 Å². The fourth-order valence-electron chi connectivity index (χ4n) is 1.46. The minimum atomic E-state index is -0.911. The van der Waals surface area contributed by atoms with Gasteiger partial charge in [-0.25, -0.2) is 4.39 Å². The van der Waals surface area contributed by atoms with Gasteiger partial charge in [0.1, 0.15) is 17.7 Å². The maximum Gasteiger partial charge on any atom is 0.133 e. The van der Waals surface area contributed by atoms with E-state index in [1.807, 2.05) is 11.4 Å². The number of hydrogen-bond donors (Lipinski definition) is 1. The van der Waals surface area contributed by atoms with Crippen LogP contribution >= 0.6 is 11.3 Å². The summed E-state index contributed by atoms with van der Waals surface area (Å²) in [6.45, 7) is 0. The summed E-state index contributed by atoms with van der Waals surface area (Å²) in [5.74, 6) is -0.0140. The summed E-state index contributed by atoms with van der Waals surface area (Å²) in [4.78, 5) is 0.726. The Balaban J connectivity index is 2.34. The lowest BCUT2D eigenvalue weighted by atomic mass is 10.1. The monoisotopic (exact) mass is 238 g/mol. The average Bonchev–Trinajstić information content (AvgIpc) is 2.81. The van der Waals surface area contributed by atoms with Gasteiger partial charge in [-0.05, 0) is 23.6 Å². The van der Waals surface area contributed by atoms with E-state index in [0.717, 1.165) is 4.88 Å². The summed E-state index contributed by atoms with van der Waals surface area (Å²) in [5.41, 5.74) is 0.267. The molecule has 84 valence electrons. The molecule has 0 spiro atoms. The predicted molar refractivity (Wildman–Crippen MR) is 61.3 cm³/mol. The summed E-state index contributed by atoms with van der Waals surface area (Å²) in [6, 6.07) is 8.05. The molecule has 1 aromatic carbocycles. The standard InChI is InChI=1S/C12H11FO2S/c1-15-8-4-5-9(10(13)7-8)12(14)11-3-2-6-16-11/h2-7,12,14H,1H3. The van der Waals surface area contributed by atoms with Crippen LogP contribution in [0.3, 0.4) is 0 Å². The molecule has 0 amide bonds. The van der Waals surface area contributed by atoms with Crippen LogP contribution in [-0.4, -0.2) is 12.2 Å². The summed E-state index contributed by atoms with van der Waals surface area (Å²) >= 11 is 1.40. The Labute approximate surface area is 96.9 Å². The van der Waals surface area contributed by atoms with E-state index in [1.165, 1.54) is 24.5 Å². The second-order valence-electron chi connectivity index (χ2n) is 3.31. The van der Waals surface area contributed by atoms with E-state index < -0.39 is 11.9 Å². The smallest absolute Gasteiger partial charge is 0.133 e. The zero-order chi connectivity index (χ0) is 11.5. The SMILES string of the molecule is COc1ccc(C(O)c2cccs2)c(F)c1. The number of methoxy groups -OCH3 is 1. The highest BCUT2D eigenvalue weighted by atomic mass is 32.1. The van der Waals surface area contributed by atoms with Crippen molar-refractivity contribution in [2.45, 2.75) is 6.10 Å². The molecule has 1 unspecified atom stereocenters. The molecule has 0 fully saturated rings. The van der Waals surface area contributed by atoms with Crippen molar-refractivity contribution in [2.75, 3.05) is 7.11 Å². The number of halogens is 1. The van der Waals surface area contributed by atoms with Crippen molar-refractivity contribution in [1.82, 2.24) is 0 Å². The Morgan fingerprint density at radius 1 is 1.38 bits per heavy atom. The van der Waals surface area contributed by atoms with Gasteiger partial charge in [-0.3, -0.25) is 0 Å². The molecule has 0 saturated carbocycles. The summed E-state index contributed by atoms with van der Waals surface area (Å²) in [5, 5.41) is 11.8. The quantitative estimate of drug-likeness (QED) is 0.890. The van der Waals surface area contributed by atoms with Gasteiger partial charge < -0.3 is 9.84 Å². The maximum absolute atomic E-state index is 13.6. The molecule has 4 heteroatoms. The lowest BCUT2D eigenvalue weighted by Gasteiger charge is -2.10. The van der Waals surface area contributed by atoms with Crippen LogP contribution in [0.5, 0.6) is 5.75 Å². The van der Waals surface area contributed by atoms with Crippen molar-refractivity contribution in [3.63, 3.8) is 0 Å². The second-order valence-corrected chi connectivity index (χ2v) is 4.28. The molecule has 2 nitrogen and oxygen atoms in total. The highest BCUT2D eigenvalue weighted by Gasteiger charge is 2.16. The largest absolute Gasteiger partial charge is 0.497 e. The van der Waals surface area contributed by atoms with Crippen LogP contribution in [0.4, 0.5) is 4.39 Å². The fraction of sp³-hybridized carbons (Fsp3) is 0.167. The normalized spacial score (nSPS) is 12.4. The third-order valence-corrected chi connectivity index (χ3v) is 3.24. The van der Waals surface area contributed by atoms with Gasteiger partial charge in [0.05, 0.1) is 7.11 Å². The van der Waals surface area contributed by atoms with Gasteiger partial charge in [-0.1, -0.05) is 6.07 Å². The molecule has 0 aliphatic carbocycles. The molecule has 0 radical (unpaired) electrons. The zero-order valence-electron chi connectivity index (χ0n) is 8.68. The first kappa shape index (κ1) is 11.1. The average molecular weight is 238 g/mol. The Bertz CT molecular complexity index is 468. The number of hydrogen-bond acceptors (Lipinski definition) is 3. The van der Waals surface area contributed by atoms with Gasteiger partial charge in [0.15, 0.2) is 0 Å². The number of thiophene rings is 1. The van der Waals surface area contributed by atoms with Crippen molar-refractivity contribution in [3.8, 4) is 5.75 Å². The van der Waals surface area contributed by atoms with E-state index in [4.69, 9.17) is 4.74 Å². The topological polar surface area (TPSA) is 29.5 Å². The van der Waals surface area contributed by atoms with Gasteiger partial charge in [-0.2, -0.15) is 0 Å². The van der Waals surface area contributed by atoms with Gasteiger partial charge in [-0.15, -0.1) is 11.3 Å². The van der Waals surface area contributed by atoms with Crippen LogP contribution in [0.1, 0.15) is 16.5 Å². The molecule has 2 rings (SSSR count). The van der Waals surface area contributed by atoms with Crippen molar-refractivity contribution < 1.29 is 14.2 Å². The van der Waals surface area contributed by atoms with Crippen molar-refractivity contribution >= 4 is 11.3 Å². The van der Waals surface area contributed by atoms with E-state index in [0.29, 0.717) is 5.75 Å². The molecule has 2 aromatic rings. The second kappa shape index (κ2) is 4.63. The van der Waals surface area contributed by atoms with Gasteiger partial charge >= 0.3 is 0 Å². The molecule has 0 aliphatic rings. The third-order valence-electron chi connectivity index (χ3n) is 2.31. The van der Waals surface area contributed by atoms with Gasteiger partial charge in [0, 0.05) is 16.5 Å². The highest BCUT2D eigenvalue weighted by Crippen LogP contribution is 2.29. The zero-order valence-corrected chi connectivity index (χ0v) is 9.50. The molecule has 0 saturated heterocycles. The minimum Gasteiger partial charge on any atom is -0.497 e. The van der Waals surface area contributed by atoms with Gasteiger partial charge in [0.2, 0.25) is 0 Å². The molecule has 0 bridgehead atoms. The molecule has 1 N–H and O–H groups in total. The molecule has 16 heavy (non-hydrogen) atoms. The number of aliphatic hydroxyl groups excluding tert-OH is 1. The van der Waals surface area contributed by atoms with E-state index >= 15 is 0 Å². The summed E-state index contributed by atoms with van der Waals surface area (Å²) < 4.78 is 18.5. The third kappa shape index (κ3) is 2.08. The first-order chi connectivity index (χ1) is 7.72. The van der Waals surface area contributed by atoms with E-state index in [2.05, 4.69) is 0 Å². The van der Waals surface area contributed by atoms with Crippen molar-refractivity contribution in [1.29, 1.82) is 0 Å². The van der Waals surface area contributed by atoms with E-state index in [1.54, 1.807) is 18.2 Å². The van der Waals surface area contributed by atoms with Gasteiger partial charge in [0.25, 0.3) is 0 Å². The number of rotatable bonds is 3. The van der Waals surface area contributed by atoms with Crippen LogP contribution in [0.2, 0.25) is 0 Å². The molecule has 1 heterocycles. The molecule has 0 aliphatic heterocycles. The lowest BCUT2D eigenvalue weighted by molar-refractivity contribution is 0.218. The Morgan fingerprint density at radius 2 is 2.19 bits per heavy atom. The molecule has 1 aromatic heterocycles.